The lowest BCUT2D eigenvalue weighted by atomic mass is 10.1. The Labute approximate surface area is 170 Å². The van der Waals surface area contributed by atoms with Crippen LogP contribution in [-0.4, -0.2) is 26.5 Å². The van der Waals surface area contributed by atoms with Gasteiger partial charge in [0.2, 0.25) is 10.0 Å². The first kappa shape index (κ1) is 20.3. The average molecular weight is 416 g/mol. The van der Waals surface area contributed by atoms with Crippen molar-refractivity contribution in [1.29, 1.82) is 0 Å². The van der Waals surface area contributed by atoms with Crippen LogP contribution >= 0.6 is 11.6 Å². The number of hydrogen-bond donors (Lipinski definition) is 2. The van der Waals surface area contributed by atoms with Gasteiger partial charge in [-0.3, -0.25) is 4.98 Å². The number of halogens is 1. The third-order valence-electron chi connectivity index (χ3n) is 4.26. The number of anilines is 1. The molecule has 0 radical (unpaired) electrons. The van der Waals surface area contributed by atoms with Gasteiger partial charge in [0.15, 0.2) is 0 Å². The standard InChI is InChI=1S/C21H22ClN3O2S/c22-19-7-9-21(10-8-19)28(26,27)25-15-12-18-5-3-17(4-6-18)11-14-24-20-2-1-13-23-16-20/h1-10,13,16,24-25H,11-12,14-15H2. The summed E-state index contributed by atoms with van der Waals surface area (Å²) in [6.07, 6.45) is 5.08. The quantitative estimate of drug-likeness (QED) is 0.555. The van der Waals surface area contributed by atoms with E-state index in [2.05, 4.69) is 27.2 Å². The summed E-state index contributed by atoms with van der Waals surface area (Å²) in [5.41, 5.74) is 3.32. The fourth-order valence-electron chi connectivity index (χ4n) is 2.72. The van der Waals surface area contributed by atoms with E-state index < -0.39 is 10.0 Å². The van der Waals surface area contributed by atoms with Crippen LogP contribution in [0.15, 0.2) is 78.0 Å². The van der Waals surface area contributed by atoms with Crippen LogP contribution < -0.4 is 10.0 Å². The van der Waals surface area contributed by atoms with Crippen LogP contribution in [0.1, 0.15) is 11.1 Å². The molecule has 2 aromatic carbocycles. The fraction of sp³-hybridized carbons (Fsp3) is 0.190. The van der Waals surface area contributed by atoms with Crippen molar-refractivity contribution in [1.82, 2.24) is 9.71 Å². The van der Waals surface area contributed by atoms with E-state index in [0.29, 0.717) is 18.0 Å². The Bertz CT molecular complexity index is 976. The highest BCUT2D eigenvalue weighted by molar-refractivity contribution is 7.89. The van der Waals surface area contributed by atoms with E-state index >= 15 is 0 Å². The van der Waals surface area contributed by atoms with Crippen molar-refractivity contribution < 1.29 is 8.42 Å². The molecular weight excluding hydrogens is 394 g/mol. The summed E-state index contributed by atoms with van der Waals surface area (Å²) < 4.78 is 27.1. The number of pyridine rings is 1. The summed E-state index contributed by atoms with van der Waals surface area (Å²) in [6.45, 7) is 1.17. The first-order chi connectivity index (χ1) is 13.5. The third-order valence-corrected chi connectivity index (χ3v) is 5.99. The lowest BCUT2D eigenvalue weighted by molar-refractivity contribution is 0.581. The molecule has 0 aliphatic carbocycles. The molecule has 0 amide bonds. The largest absolute Gasteiger partial charge is 0.383 e. The van der Waals surface area contributed by atoms with Crippen LogP contribution in [0.3, 0.4) is 0 Å². The van der Waals surface area contributed by atoms with Crippen molar-refractivity contribution in [2.45, 2.75) is 17.7 Å². The van der Waals surface area contributed by atoms with Crippen molar-refractivity contribution in [2.24, 2.45) is 0 Å². The number of nitrogens with one attached hydrogen (secondary N) is 2. The molecule has 3 aromatic rings. The maximum atomic E-state index is 12.3. The summed E-state index contributed by atoms with van der Waals surface area (Å²) in [7, 11) is -3.52. The molecule has 146 valence electrons. The third kappa shape index (κ3) is 6.05. The van der Waals surface area contributed by atoms with Gasteiger partial charge in [-0.1, -0.05) is 35.9 Å². The zero-order valence-corrected chi connectivity index (χ0v) is 16.9. The van der Waals surface area contributed by atoms with Gasteiger partial charge in [0.25, 0.3) is 0 Å². The molecule has 5 nitrogen and oxygen atoms in total. The molecule has 28 heavy (non-hydrogen) atoms. The zero-order chi connectivity index (χ0) is 19.8. The smallest absolute Gasteiger partial charge is 0.240 e. The molecule has 0 bridgehead atoms. The second-order valence-electron chi connectivity index (χ2n) is 6.34. The zero-order valence-electron chi connectivity index (χ0n) is 15.3. The molecule has 0 fully saturated rings. The number of sulfonamides is 1. The van der Waals surface area contributed by atoms with E-state index in [0.717, 1.165) is 24.2 Å². The Hall–Kier alpha value is -2.41. The number of benzene rings is 2. The van der Waals surface area contributed by atoms with Crippen LogP contribution in [0.4, 0.5) is 5.69 Å². The van der Waals surface area contributed by atoms with E-state index in [1.54, 1.807) is 24.5 Å². The molecule has 0 atom stereocenters. The first-order valence-corrected chi connectivity index (χ1v) is 10.9. The van der Waals surface area contributed by atoms with Gasteiger partial charge in [-0.25, -0.2) is 13.1 Å². The predicted octanol–water partition coefficient (Wildman–Crippen LogP) is 3.91. The minimum absolute atomic E-state index is 0.216. The predicted molar refractivity (Wildman–Crippen MR) is 113 cm³/mol. The van der Waals surface area contributed by atoms with Crippen LogP contribution in [0.5, 0.6) is 0 Å². The van der Waals surface area contributed by atoms with Gasteiger partial charge in [-0.05, 0) is 60.4 Å². The van der Waals surface area contributed by atoms with Gasteiger partial charge in [0.1, 0.15) is 0 Å². The second-order valence-corrected chi connectivity index (χ2v) is 8.54. The van der Waals surface area contributed by atoms with Crippen LogP contribution in [0.2, 0.25) is 5.02 Å². The normalized spacial score (nSPS) is 11.3. The molecular formula is C21H22ClN3O2S. The van der Waals surface area contributed by atoms with Crippen LogP contribution in [0.25, 0.3) is 0 Å². The van der Waals surface area contributed by atoms with Gasteiger partial charge in [-0.15, -0.1) is 0 Å². The van der Waals surface area contributed by atoms with Gasteiger partial charge in [0, 0.05) is 30.5 Å². The highest BCUT2D eigenvalue weighted by Gasteiger charge is 2.12. The van der Waals surface area contributed by atoms with Crippen molar-refractivity contribution >= 4 is 27.3 Å². The van der Waals surface area contributed by atoms with Crippen molar-refractivity contribution in [3.05, 3.63) is 89.2 Å². The lowest BCUT2D eigenvalue weighted by Gasteiger charge is -2.08. The molecule has 0 aliphatic rings. The highest BCUT2D eigenvalue weighted by atomic mass is 35.5. The Morgan fingerprint density at radius 2 is 1.50 bits per heavy atom. The maximum absolute atomic E-state index is 12.3. The van der Waals surface area contributed by atoms with Crippen LogP contribution in [-0.2, 0) is 22.9 Å². The van der Waals surface area contributed by atoms with Gasteiger partial charge < -0.3 is 5.32 Å². The van der Waals surface area contributed by atoms with Crippen molar-refractivity contribution in [3.63, 3.8) is 0 Å². The van der Waals surface area contributed by atoms with Gasteiger partial charge >= 0.3 is 0 Å². The van der Waals surface area contributed by atoms with Crippen molar-refractivity contribution in [3.8, 4) is 0 Å². The Morgan fingerprint density at radius 3 is 2.11 bits per heavy atom. The molecule has 1 aromatic heterocycles. The monoisotopic (exact) mass is 415 g/mol. The highest BCUT2D eigenvalue weighted by Crippen LogP contribution is 2.14. The van der Waals surface area contributed by atoms with E-state index in [1.807, 2.05) is 24.3 Å². The summed E-state index contributed by atoms with van der Waals surface area (Å²) in [6, 6.07) is 18.3. The molecule has 7 heteroatoms. The number of rotatable bonds is 9. The minimum Gasteiger partial charge on any atom is -0.383 e. The van der Waals surface area contributed by atoms with Gasteiger partial charge in [0.05, 0.1) is 10.6 Å². The topological polar surface area (TPSA) is 71.1 Å². The molecule has 0 aliphatic heterocycles. The summed E-state index contributed by atoms with van der Waals surface area (Å²) in [5, 5.41) is 3.84. The fourth-order valence-corrected chi connectivity index (χ4v) is 3.88. The maximum Gasteiger partial charge on any atom is 0.240 e. The number of nitrogens with zero attached hydrogens (tertiary/aromatic N) is 1. The molecule has 3 rings (SSSR count). The van der Waals surface area contributed by atoms with E-state index in [4.69, 9.17) is 11.6 Å². The molecule has 2 N–H and O–H groups in total. The molecule has 0 unspecified atom stereocenters. The Balaban J connectivity index is 1.44. The second kappa shape index (κ2) is 9.68. The molecule has 1 heterocycles. The van der Waals surface area contributed by atoms with E-state index in [9.17, 15) is 8.42 Å². The molecule has 0 saturated heterocycles. The lowest BCUT2D eigenvalue weighted by Crippen LogP contribution is -2.25. The average Bonchev–Trinajstić information content (AvgIpc) is 2.70. The Morgan fingerprint density at radius 1 is 0.857 bits per heavy atom. The minimum atomic E-state index is -3.52. The number of hydrogen-bond acceptors (Lipinski definition) is 4. The molecule has 0 spiro atoms. The summed E-state index contributed by atoms with van der Waals surface area (Å²) in [5.74, 6) is 0. The van der Waals surface area contributed by atoms with Crippen LogP contribution in [0, 0.1) is 0 Å². The SMILES string of the molecule is O=S(=O)(NCCc1ccc(CCNc2cccnc2)cc1)c1ccc(Cl)cc1. The van der Waals surface area contributed by atoms with Gasteiger partial charge in [-0.2, -0.15) is 0 Å². The summed E-state index contributed by atoms with van der Waals surface area (Å²) in [4.78, 5) is 4.29. The number of aromatic nitrogens is 1. The Kier molecular flexibility index (Phi) is 7.03. The van der Waals surface area contributed by atoms with E-state index in [-0.39, 0.29) is 4.90 Å². The summed E-state index contributed by atoms with van der Waals surface area (Å²) >= 11 is 5.80. The first-order valence-electron chi connectivity index (χ1n) is 9.00. The van der Waals surface area contributed by atoms with E-state index in [1.165, 1.54) is 17.7 Å². The van der Waals surface area contributed by atoms with Crippen molar-refractivity contribution in [2.75, 3.05) is 18.4 Å². The molecule has 0 saturated carbocycles.